The fourth-order valence-corrected chi connectivity index (χ4v) is 0.0962. The van der Waals surface area contributed by atoms with E-state index in [0.29, 0.717) is 0 Å². The van der Waals surface area contributed by atoms with Gasteiger partial charge in [0.1, 0.15) is 0 Å². The van der Waals surface area contributed by atoms with E-state index in [9.17, 15) is 0 Å². The first-order valence-corrected chi connectivity index (χ1v) is 2.22. The van der Waals surface area contributed by atoms with Crippen LogP contribution in [-0.4, -0.2) is 28.1 Å². The predicted octanol–water partition coefficient (Wildman–Crippen LogP) is 1.88. The molecule has 0 aromatic heterocycles. The van der Waals surface area contributed by atoms with E-state index in [-0.39, 0.29) is 184 Å². The van der Waals surface area contributed by atoms with Crippen LogP contribution in [0.5, 0.6) is 0 Å². The Labute approximate surface area is 240 Å². The third kappa shape index (κ3) is 209. The first-order chi connectivity index (χ1) is 4.83. The Morgan fingerprint density at radius 1 is 0.789 bits per heavy atom. The van der Waals surface area contributed by atoms with Crippen LogP contribution in [0.1, 0.15) is 0 Å². The molecule has 0 fully saturated rings. The molecule has 0 aromatic carbocycles. The van der Waals surface area contributed by atoms with Crippen molar-refractivity contribution in [3.8, 4) is 0 Å². The van der Waals surface area contributed by atoms with Crippen molar-refractivity contribution >= 4 is 6.79 Å². The SMILES string of the molecule is CO[CH-]OC.[CH-]=O.[CH2-]OC.[CH3-].[CH3-].[CH3-].[W].[W].[W].[Y].[Y].[Y]. The van der Waals surface area contributed by atoms with Crippen LogP contribution in [0.25, 0.3) is 0 Å². The van der Waals surface area contributed by atoms with E-state index in [1.807, 2.05) is 0 Å². The van der Waals surface area contributed by atoms with Gasteiger partial charge in [-0.1, -0.05) is 6.79 Å². The van der Waals surface area contributed by atoms with Crippen molar-refractivity contribution in [2.75, 3.05) is 21.3 Å². The van der Waals surface area contributed by atoms with E-state index in [4.69, 9.17) is 4.79 Å². The normalized spacial score (nSPS) is 3.37. The largest absolute Gasteiger partial charge is 0.557 e. The number of rotatable bonds is 2. The molecule has 0 rings (SSSR count). The van der Waals surface area contributed by atoms with Crippen molar-refractivity contribution in [2.45, 2.75) is 0 Å². The molecule has 3 radical (unpaired) electrons. The number of hydrogen-bond acceptors (Lipinski definition) is 4. The van der Waals surface area contributed by atoms with Gasteiger partial charge in [-0.15, -0.1) is 0 Å². The second kappa shape index (κ2) is 138. The molecule has 19 heavy (non-hydrogen) atoms. The molecule has 0 aliphatic carbocycles. The van der Waals surface area contributed by atoms with Gasteiger partial charge in [-0.05, 0) is 7.11 Å². The van der Waals surface area contributed by atoms with E-state index in [0.717, 1.165) is 0 Å². The van der Waals surface area contributed by atoms with Crippen LogP contribution < -0.4 is 0 Å². The molecule has 0 aliphatic rings. The second-order valence-electron chi connectivity index (χ2n) is 0.856. The summed E-state index contributed by atoms with van der Waals surface area (Å²) in [7, 11) is 7.56. The molecule has 0 spiro atoms. The Bertz CT molecular complexity index is 55.9. The molecule has 0 amide bonds. The maximum atomic E-state index is 7.75. The number of hydrogen-bond donors (Lipinski definition) is 0. The molecule has 0 aromatic rings. The zero-order chi connectivity index (χ0) is 8.83. The molecule has 0 unspecified atom stereocenters. The molecule has 0 heterocycles. The van der Waals surface area contributed by atoms with Gasteiger partial charge in [-0.25, -0.2) is 7.11 Å². The Hall–Kier alpha value is 4.93. The molecule has 0 N–H and O–H groups in total. The quantitative estimate of drug-likeness (QED) is 0.314. The fraction of sp³-hybridized carbons (Fsp3) is 0.333. The Morgan fingerprint density at radius 3 is 0.895 bits per heavy atom. The zero-order valence-electron chi connectivity index (χ0n) is 12.5. The van der Waals surface area contributed by atoms with Gasteiger partial charge in [0.25, 0.3) is 0 Å². The molecule has 115 valence electrons. The van der Waals surface area contributed by atoms with Crippen molar-refractivity contribution < 1.29 is 180 Å². The van der Waals surface area contributed by atoms with Crippen molar-refractivity contribution in [2.24, 2.45) is 0 Å². The van der Waals surface area contributed by atoms with Crippen LogP contribution in [0.15, 0.2) is 0 Å². The molecule has 0 aliphatic heterocycles. The standard InChI is InChI=1S/C3H7O2.C2H5O.CHO.3CH3.3W.3Y/c1-4-3-5-2;1-3-2;1-2;;;;;;;;;/h3H,1-2H3;1H2,2H3;1H;3*1H3;;;;;;/q6*-1;;;;;;. The molecule has 0 atom stereocenters. The third-order valence-electron chi connectivity index (χ3n) is 0.192. The van der Waals surface area contributed by atoms with E-state index < -0.39 is 0 Å². The van der Waals surface area contributed by atoms with E-state index in [1.54, 1.807) is 0 Å². The minimum atomic E-state index is 0. The summed E-state index contributed by atoms with van der Waals surface area (Å²) in [5, 5.41) is 0. The van der Waals surface area contributed by atoms with Crippen molar-refractivity contribution in [3.63, 3.8) is 0 Å². The van der Waals surface area contributed by atoms with Crippen LogP contribution in [0.4, 0.5) is 0 Å². The van der Waals surface area contributed by atoms with Crippen LogP contribution in [0.3, 0.4) is 0 Å². The number of methoxy groups -OCH3 is 3. The second-order valence-corrected chi connectivity index (χ2v) is 0.856. The Balaban J connectivity index is -0.00000000329. The first-order valence-electron chi connectivity index (χ1n) is 2.22. The summed E-state index contributed by atoms with van der Waals surface area (Å²) >= 11 is 0. The van der Waals surface area contributed by atoms with Crippen molar-refractivity contribution in [1.82, 2.24) is 0 Å². The summed E-state index contributed by atoms with van der Waals surface area (Å²) in [5.74, 6) is 0. The average Bonchev–Trinajstić information content (AvgIpc) is 1.96. The molecule has 0 saturated heterocycles. The zero-order valence-corrected chi connectivity index (χ0v) is 29.8. The van der Waals surface area contributed by atoms with E-state index in [2.05, 4.69) is 28.1 Å². The van der Waals surface area contributed by atoms with Gasteiger partial charge >= 0.3 is 0 Å². The predicted molar refractivity (Wildman–Crippen MR) is 56.7 cm³/mol. The van der Waals surface area contributed by atoms with Crippen LogP contribution in [-0.2, 0) is 180 Å². The molecular formula is C9H22O4W3Y3-6. The van der Waals surface area contributed by atoms with Gasteiger partial charge in [0.2, 0.25) is 0 Å². The van der Waals surface area contributed by atoms with Crippen molar-refractivity contribution in [3.05, 3.63) is 36.2 Å². The molecular weight excluding hydrogens is 990 g/mol. The third-order valence-corrected chi connectivity index (χ3v) is 0.192. The minimum absolute atomic E-state index is 0. The molecule has 0 bridgehead atoms. The first kappa shape index (κ1) is 88.4. The summed E-state index contributed by atoms with van der Waals surface area (Å²) in [4.78, 5) is 7.75. The van der Waals surface area contributed by atoms with Gasteiger partial charge in [-0.2, -0.15) is 0 Å². The summed E-state index contributed by atoms with van der Waals surface area (Å²) in [5.41, 5.74) is 0. The maximum absolute atomic E-state index is 7.75. The number of carbonyl (C=O) groups excluding carboxylic acids is 1. The minimum Gasteiger partial charge on any atom is -0.557 e. The molecule has 0 saturated carbocycles. The molecule has 4 nitrogen and oxygen atoms in total. The van der Waals surface area contributed by atoms with Gasteiger partial charge in [0.05, 0.1) is 0 Å². The topological polar surface area (TPSA) is 44.8 Å². The summed E-state index contributed by atoms with van der Waals surface area (Å²) in [6.07, 6.45) is 0. The summed E-state index contributed by atoms with van der Waals surface area (Å²) < 4.78 is 12.7. The molecule has 10 heteroatoms. The number of ether oxygens (including phenoxy) is 3. The van der Waals surface area contributed by atoms with Crippen LogP contribution in [0, 0.1) is 36.2 Å². The Kier molecular flexibility index (Phi) is 644. The van der Waals surface area contributed by atoms with Gasteiger partial charge in [0.15, 0.2) is 0 Å². The van der Waals surface area contributed by atoms with Gasteiger partial charge in [0, 0.05) is 176 Å². The van der Waals surface area contributed by atoms with Gasteiger partial charge < -0.3 is 41.3 Å². The van der Waals surface area contributed by atoms with Gasteiger partial charge in [-0.3, -0.25) is 6.79 Å². The smallest absolute Gasteiger partial charge is 0.00103 e. The maximum Gasteiger partial charge on any atom is 0.00103 e. The van der Waals surface area contributed by atoms with Crippen LogP contribution >= 0.6 is 0 Å². The van der Waals surface area contributed by atoms with E-state index >= 15 is 0 Å². The average molecular weight is 1010 g/mol. The van der Waals surface area contributed by atoms with E-state index in [1.165, 1.54) is 28.1 Å². The summed E-state index contributed by atoms with van der Waals surface area (Å²) in [6.45, 7) is 4.50. The monoisotopic (exact) mass is 1010 g/mol. The van der Waals surface area contributed by atoms with Crippen molar-refractivity contribution in [1.29, 1.82) is 0 Å². The van der Waals surface area contributed by atoms with Crippen LogP contribution in [0.2, 0.25) is 0 Å². The fourth-order valence-electron chi connectivity index (χ4n) is 0.0962. The Morgan fingerprint density at radius 2 is 0.895 bits per heavy atom. The summed E-state index contributed by atoms with van der Waals surface area (Å²) in [6, 6.07) is 0.